The Bertz CT molecular complexity index is 812. The molecule has 2 unspecified atom stereocenters. The van der Waals surface area contributed by atoms with E-state index in [1.807, 2.05) is 4.90 Å². The summed E-state index contributed by atoms with van der Waals surface area (Å²) in [5.41, 5.74) is 7.26. The minimum Gasteiger partial charge on any atom is -0.369 e. The molecule has 0 radical (unpaired) electrons. The van der Waals surface area contributed by atoms with E-state index in [0.717, 1.165) is 17.9 Å². The molecule has 0 aliphatic carbocycles. The van der Waals surface area contributed by atoms with E-state index in [0.29, 0.717) is 23.4 Å². The highest BCUT2D eigenvalue weighted by atomic mass is 35.5. The van der Waals surface area contributed by atoms with Crippen molar-refractivity contribution in [3.63, 3.8) is 0 Å². The summed E-state index contributed by atoms with van der Waals surface area (Å²) in [6.07, 6.45) is 1.08. The van der Waals surface area contributed by atoms with Crippen molar-refractivity contribution in [2.45, 2.75) is 31.3 Å². The summed E-state index contributed by atoms with van der Waals surface area (Å²) < 4.78 is 0. The van der Waals surface area contributed by atoms with Gasteiger partial charge in [-0.15, -0.1) is 12.4 Å². The number of nitrogens with zero attached hydrogens (tertiary/aromatic N) is 2. The van der Waals surface area contributed by atoms with Crippen molar-refractivity contribution in [3.8, 4) is 0 Å². The molecule has 4 amide bonds. The van der Waals surface area contributed by atoms with Crippen LogP contribution in [0.2, 0.25) is 0 Å². The van der Waals surface area contributed by atoms with Gasteiger partial charge in [0, 0.05) is 25.6 Å². The van der Waals surface area contributed by atoms with Crippen molar-refractivity contribution in [1.29, 1.82) is 0 Å². The van der Waals surface area contributed by atoms with E-state index in [2.05, 4.69) is 5.32 Å². The van der Waals surface area contributed by atoms with E-state index >= 15 is 0 Å². The van der Waals surface area contributed by atoms with Crippen LogP contribution in [0, 0.1) is 0 Å². The second kappa shape index (κ2) is 6.69. The topological polar surface area (TPSA) is 113 Å². The number of benzene rings is 1. The first-order valence-electron chi connectivity index (χ1n) is 8.32. The third-order valence-corrected chi connectivity index (χ3v) is 5.01. The van der Waals surface area contributed by atoms with Crippen LogP contribution >= 0.6 is 12.4 Å². The van der Waals surface area contributed by atoms with Gasteiger partial charge in [-0.1, -0.05) is 6.07 Å². The Morgan fingerprint density at radius 2 is 1.85 bits per heavy atom. The van der Waals surface area contributed by atoms with E-state index in [-0.39, 0.29) is 37.2 Å². The fraction of sp³-hybridized carbons (Fsp3) is 0.412. The second-order valence-corrected chi connectivity index (χ2v) is 6.64. The number of amides is 4. The first-order chi connectivity index (χ1) is 12.0. The predicted molar refractivity (Wildman–Crippen MR) is 95.2 cm³/mol. The molecule has 3 heterocycles. The van der Waals surface area contributed by atoms with Crippen LogP contribution in [0.15, 0.2) is 18.2 Å². The van der Waals surface area contributed by atoms with Crippen molar-refractivity contribution in [3.05, 3.63) is 29.3 Å². The molecular weight excluding hydrogens is 360 g/mol. The molecule has 0 bridgehead atoms. The summed E-state index contributed by atoms with van der Waals surface area (Å²) in [6.45, 7) is 1.34. The Morgan fingerprint density at radius 3 is 2.50 bits per heavy atom. The Kier molecular flexibility index (Phi) is 4.72. The molecular formula is C17H19ClN4O4. The van der Waals surface area contributed by atoms with E-state index in [9.17, 15) is 19.2 Å². The molecule has 4 rings (SSSR count). The molecule has 1 aromatic rings. The predicted octanol–water partition coefficient (Wildman–Crippen LogP) is 0.0470. The molecule has 1 aromatic carbocycles. The number of piperidine rings is 1. The van der Waals surface area contributed by atoms with Crippen LogP contribution in [-0.2, 0) is 9.59 Å². The molecule has 2 atom stereocenters. The molecule has 0 saturated carbocycles. The number of rotatable bonds is 2. The van der Waals surface area contributed by atoms with Crippen molar-refractivity contribution >= 4 is 41.7 Å². The average molecular weight is 379 g/mol. The van der Waals surface area contributed by atoms with Gasteiger partial charge in [0.15, 0.2) is 0 Å². The number of nitrogens with one attached hydrogen (secondary N) is 1. The first-order valence-corrected chi connectivity index (χ1v) is 8.32. The number of nitrogens with two attached hydrogens (primary N) is 1. The van der Waals surface area contributed by atoms with Crippen LogP contribution in [0.3, 0.4) is 0 Å². The SMILES string of the molecule is Cl.NC1CCN(c2cccc3c2C(=O)N(C2CCC(=O)NC2=O)C3=O)C1. The van der Waals surface area contributed by atoms with Gasteiger partial charge in [-0.3, -0.25) is 29.4 Å². The first kappa shape index (κ1) is 18.3. The molecule has 3 N–H and O–H groups in total. The van der Waals surface area contributed by atoms with Crippen molar-refractivity contribution in [1.82, 2.24) is 10.2 Å². The quantitative estimate of drug-likeness (QED) is 0.703. The molecule has 0 aromatic heterocycles. The number of hydrogen-bond acceptors (Lipinski definition) is 6. The summed E-state index contributed by atoms with van der Waals surface area (Å²) >= 11 is 0. The van der Waals surface area contributed by atoms with Crippen LogP contribution in [0.5, 0.6) is 0 Å². The average Bonchev–Trinajstić information content (AvgIpc) is 3.11. The zero-order chi connectivity index (χ0) is 17.7. The molecule has 8 nitrogen and oxygen atoms in total. The Hall–Kier alpha value is -2.45. The lowest BCUT2D eigenvalue weighted by Crippen LogP contribution is -2.54. The largest absolute Gasteiger partial charge is 0.369 e. The fourth-order valence-corrected chi connectivity index (χ4v) is 3.77. The Balaban J connectivity index is 0.00000196. The van der Waals surface area contributed by atoms with Gasteiger partial charge in [-0.05, 0) is 25.0 Å². The maximum absolute atomic E-state index is 13.0. The van der Waals surface area contributed by atoms with Gasteiger partial charge in [0.1, 0.15) is 6.04 Å². The van der Waals surface area contributed by atoms with E-state index < -0.39 is 23.8 Å². The molecule has 26 heavy (non-hydrogen) atoms. The van der Waals surface area contributed by atoms with E-state index in [1.165, 1.54) is 0 Å². The monoisotopic (exact) mass is 378 g/mol. The maximum atomic E-state index is 13.0. The summed E-state index contributed by atoms with van der Waals surface area (Å²) in [4.78, 5) is 52.2. The van der Waals surface area contributed by atoms with E-state index in [4.69, 9.17) is 5.73 Å². The zero-order valence-corrected chi connectivity index (χ0v) is 14.8. The molecule has 2 fully saturated rings. The van der Waals surface area contributed by atoms with Gasteiger partial charge in [0.05, 0.1) is 16.8 Å². The maximum Gasteiger partial charge on any atom is 0.264 e. The smallest absolute Gasteiger partial charge is 0.264 e. The highest BCUT2D eigenvalue weighted by molar-refractivity contribution is 6.25. The highest BCUT2D eigenvalue weighted by Crippen LogP contribution is 2.35. The number of halogens is 1. The number of carbonyl (C=O) groups is 4. The number of anilines is 1. The minimum atomic E-state index is -0.946. The van der Waals surface area contributed by atoms with Crippen LogP contribution < -0.4 is 16.0 Å². The summed E-state index contributed by atoms with van der Waals surface area (Å²) in [5, 5.41) is 2.20. The van der Waals surface area contributed by atoms with Gasteiger partial charge in [-0.2, -0.15) is 0 Å². The molecule has 138 valence electrons. The zero-order valence-electron chi connectivity index (χ0n) is 13.9. The third kappa shape index (κ3) is 2.75. The lowest BCUT2D eigenvalue weighted by molar-refractivity contribution is -0.136. The molecule has 9 heteroatoms. The van der Waals surface area contributed by atoms with Gasteiger partial charge in [0.25, 0.3) is 11.8 Å². The van der Waals surface area contributed by atoms with Crippen LogP contribution in [-0.4, -0.2) is 53.7 Å². The van der Waals surface area contributed by atoms with E-state index in [1.54, 1.807) is 18.2 Å². The number of hydrogen-bond donors (Lipinski definition) is 2. The normalized spacial score (nSPS) is 25.3. The molecule has 0 spiro atoms. The number of carbonyl (C=O) groups excluding carboxylic acids is 4. The molecule has 3 aliphatic rings. The third-order valence-electron chi connectivity index (χ3n) is 5.01. The van der Waals surface area contributed by atoms with Crippen LogP contribution in [0.1, 0.15) is 40.0 Å². The van der Waals surface area contributed by atoms with Gasteiger partial charge in [-0.25, -0.2) is 0 Å². The highest BCUT2D eigenvalue weighted by Gasteiger charge is 2.46. The number of fused-ring (bicyclic) bond motifs is 1. The fourth-order valence-electron chi connectivity index (χ4n) is 3.77. The van der Waals surface area contributed by atoms with Crippen molar-refractivity contribution in [2.75, 3.05) is 18.0 Å². The Labute approximate surface area is 156 Å². The van der Waals surface area contributed by atoms with Crippen molar-refractivity contribution < 1.29 is 19.2 Å². The molecule has 2 saturated heterocycles. The number of imide groups is 2. The standard InChI is InChI=1S/C17H18N4O4.ClH/c18-9-6-7-20(8-9)11-3-1-2-10-14(11)17(25)21(16(10)24)12-4-5-13(22)19-15(12)23;/h1-3,9,12H,4-8,18H2,(H,19,22,23);1H. The summed E-state index contributed by atoms with van der Waals surface area (Å²) in [5.74, 6) is -1.95. The van der Waals surface area contributed by atoms with Gasteiger partial charge < -0.3 is 10.6 Å². The molecule has 3 aliphatic heterocycles. The Morgan fingerprint density at radius 1 is 1.08 bits per heavy atom. The van der Waals surface area contributed by atoms with Crippen LogP contribution in [0.25, 0.3) is 0 Å². The minimum absolute atomic E-state index is 0. The summed E-state index contributed by atoms with van der Waals surface area (Å²) in [6, 6.07) is 4.22. The lowest BCUT2D eigenvalue weighted by Gasteiger charge is -2.28. The lowest BCUT2D eigenvalue weighted by atomic mass is 10.0. The second-order valence-electron chi connectivity index (χ2n) is 6.64. The summed E-state index contributed by atoms with van der Waals surface area (Å²) in [7, 11) is 0. The van der Waals surface area contributed by atoms with Crippen molar-refractivity contribution in [2.24, 2.45) is 5.73 Å². The van der Waals surface area contributed by atoms with Gasteiger partial charge in [0.2, 0.25) is 11.8 Å². The van der Waals surface area contributed by atoms with Crippen LogP contribution in [0.4, 0.5) is 5.69 Å². The van der Waals surface area contributed by atoms with Gasteiger partial charge >= 0.3 is 0 Å².